The normalized spacial score (nSPS) is 15.6. The Morgan fingerprint density at radius 1 is 0.909 bits per heavy atom. The Hall–Kier alpha value is -1.78. The van der Waals surface area contributed by atoms with E-state index in [1.807, 2.05) is 12.1 Å². The number of halogens is 1. The monoisotopic (exact) mass is 357 g/mol. The highest BCUT2D eigenvalue weighted by atomic mass is 79.9. The lowest BCUT2D eigenvalue weighted by Crippen LogP contribution is -2.51. The first-order valence-electron chi connectivity index (χ1n) is 7.49. The molecule has 2 aromatic carbocycles. The maximum Gasteiger partial charge on any atom is 0.0490 e. The minimum Gasteiger partial charge on any atom is -0.369 e. The predicted octanol–water partition coefficient (Wildman–Crippen LogP) is 3.75. The van der Waals surface area contributed by atoms with Crippen molar-refractivity contribution < 1.29 is 0 Å². The minimum absolute atomic E-state index is 0.945. The van der Waals surface area contributed by atoms with Crippen LogP contribution in [0.2, 0.25) is 0 Å². The van der Waals surface area contributed by atoms with E-state index in [0.717, 1.165) is 41.9 Å². The van der Waals surface area contributed by atoms with Crippen molar-refractivity contribution in [1.82, 2.24) is 10.4 Å². The lowest BCUT2D eigenvalue weighted by atomic mass is 10.2. The van der Waals surface area contributed by atoms with Gasteiger partial charge in [0.15, 0.2) is 0 Å². The van der Waals surface area contributed by atoms with Gasteiger partial charge >= 0.3 is 0 Å². The zero-order valence-corrected chi connectivity index (χ0v) is 14.1. The molecule has 3 nitrogen and oxygen atoms in total. The molecule has 1 aliphatic heterocycles. The van der Waals surface area contributed by atoms with Crippen LogP contribution in [0.1, 0.15) is 5.56 Å². The van der Waals surface area contributed by atoms with Gasteiger partial charge in [-0.1, -0.05) is 52.8 Å². The van der Waals surface area contributed by atoms with E-state index in [4.69, 9.17) is 0 Å². The highest BCUT2D eigenvalue weighted by Gasteiger charge is 2.17. The van der Waals surface area contributed by atoms with Crippen LogP contribution in [0.5, 0.6) is 0 Å². The molecule has 1 fully saturated rings. The molecule has 3 rings (SSSR count). The Morgan fingerprint density at radius 3 is 2.18 bits per heavy atom. The van der Waals surface area contributed by atoms with Crippen molar-refractivity contribution in [3.8, 4) is 0 Å². The number of piperazine rings is 1. The average molecular weight is 358 g/mol. The third-order valence-electron chi connectivity index (χ3n) is 3.89. The van der Waals surface area contributed by atoms with Crippen LogP contribution in [0.25, 0.3) is 5.70 Å². The summed E-state index contributed by atoms with van der Waals surface area (Å²) in [5.74, 6) is 0. The second kappa shape index (κ2) is 6.99. The van der Waals surface area contributed by atoms with Crippen LogP contribution in [0.3, 0.4) is 0 Å². The Morgan fingerprint density at radius 2 is 1.55 bits per heavy atom. The highest BCUT2D eigenvalue weighted by molar-refractivity contribution is 9.10. The number of para-hydroxylation sites is 1. The van der Waals surface area contributed by atoms with Crippen molar-refractivity contribution >= 4 is 27.3 Å². The summed E-state index contributed by atoms with van der Waals surface area (Å²) in [6.45, 7) is 8.13. The summed E-state index contributed by atoms with van der Waals surface area (Å²) >= 11 is 3.46. The van der Waals surface area contributed by atoms with Crippen LogP contribution >= 0.6 is 15.9 Å². The Labute approximate surface area is 140 Å². The van der Waals surface area contributed by atoms with Gasteiger partial charge in [-0.3, -0.25) is 0 Å². The summed E-state index contributed by atoms with van der Waals surface area (Å²) in [4.78, 5) is 2.42. The molecular weight excluding hydrogens is 338 g/mol. The van der Waals surface area contributed by atoms with Crippen LogP contribution in [0.4, 0.5) is 5.69 Å². The van der Waals surface area contributed by atoms with Crippen molar-refractivity contribution in [2.75, 3.05) is 31.1 Å². The summed E-state index contributed by atoms with van der Waals surface area (Å²) in [6.07, 6.45) is 0. The number of nitrogens with zero attached hydrogens (tertiary/aromatic N) is 2. The van der Waals surface area contributed by atoms with Gasteiger partial charge in [0.25, 0.3) is 0 Å². The molecule has 4 heteroatoms. The Bertz CT molecular complexity index is 617. The van der Waals surface area contributed by atoms with Crippen LogP contribution in [0, 0.1) is 0 Å². The number of hydrazine groups is 1. The van der Waals surface area contributed by atoms with Crippen molar-refractivity contribution in [2.45, 2.75) is 0 Å². The van der Waals surface area contributed by atoms with Gasteiger partial charge in [-0.15, -0.1) is 0 Å². The maximum absolute atomic E-state index is 4.14. The second-order valence-electron chi connectivity index (χ2n) is 5.41. The summed E-state index contributed by atoms with van der Waals surface area (Å²) < 4.78 is 1.08. The molecule has 2 aromatic rings. The van der Waals surface area contributed by atoms with E-state index in [-0.39, 0.29) is 0 Å². The van der Waals surface area contributed by atoms with Crippen molar-refractivity contribution in [1.29, 1.82) is 0 Å². The number of hydrogen-bond acceptors (Lipinski definition) is 3. The Balaban J connectivity index is 1.53. The molecule has 1 saturated heterocycles. The predicted molar refractivity (Wildman–Crippen MR) is 96.5 cm³/mol. The van der Waals surface area contributed by atoms with Gasteiger partial charge in [0, 0.05) is 42.0 Å². The molecule has 114 valence electrons. The molecule has 1 heterocycles. The summed E-state index contributed by atoms with van der Waals surface area (Å²) in [7, 11) is 0. The van der Waals surface area contributed by atoms with Gasteiger partial charge in [-0.2, -0.15) is 0 Å². The summed E-state index contributed by atoms with van der Waals surface area (Å²) in [5, 5.41) is 2.24. The first-order chi connectivity index (χ1) is 10.7. The molecule has 0 saturated carbocycles. The van der Waals surface area contributed by atoms with E-state index in [1.165, 1.54) is 5.69 Å². The van der Waals surface area contributed by atoms with Crippen LogP contribution in [0.15, 0.2) is 65.6 Å². The molecule has 0 aromatic heterocycles. The zero-order chi connectivity index (χ0) is 15.4. The molecule has 0 radical (unpaired) electrons. The van der Waals surface area contributed by atoms with Crippen molar-refractivity contribution in [3.05, 3.63) is 71.2 Å². The quantitative estimate of drug-likeness (QED) is 0.898. The molecule has 0 amide bonds. The fourth-order valence-electron chi connectivity index (χ4n) is 2.62. The first kappa shape index (κ1) is 15.1. The molecule has 1 N–H and O–H groups in total. The first-order valence-corrected chi connectivity index (χ1v) is 8.28. The molecule has 0 bridgehead atoms. The topological polar surface area (TPSA) is 18.5 Å². The van der Waals surface area contributed by atoms with Gasteiger partial charge in [-0.25, -0.2) is 5.01 Å². The molecular formula is C18H20BrN3. The lowest BCUT2D eigenvalue weighted by Gasteiger charge is -2.36. The van der Waals surface area contributed by atoms with E-state index in [2.05, 4.69) is 80.3 Å². The zero-order valence-electron chi connectivity index (χ0n) is 12.5. The molecule has 22 heavy (non-hydrogen) atoms. The summed E-state index contributed by atoms with van der Waals surface area (Å²) in [6, 6.07) is 18.8. The molecule has 0 unspecified atom stereocenters. The van der Waals surface area contributed by atoms with E-state index in [1.54, 1.807) is 0 Å². The maximum atomic E-state index is 4.14. The molecule has 1 aliphatic rings. The van der Waals surface area contributed by atoms with Gasteiger partial charge in [0.2, 0.25) is 0 Å². The second-order valence-corrected chi connectivity index (χ2v) is 6.32. The number of nitrogens with one attached hydrogen (secondary N) is 1. The van der Waals surface area contributed by atoms with Crippen LogP contribution in [-0.2, 0) is 0 Å². The third-order valence-corrected chi connectivity index (χ3v) is 4.42. The lowest BCUT2D eigenvalue weighted by molar-refractivity contribution is 0.215. The van der Waals surface area contributed by atoms with Crippen molar-refractivity contribution in [2.24, 2.45) is 0 Å². The average Bonchev–Trinajstić information content (AvgIpc) is 2.57. The number of hydrogen-bond donors (Lipinski definition) is 1. The third kappa shape index (κ3) is 3.70. The smallest absolute Gasteiger partial charge is 0.0490 e. The largest absolute Gasteiger partial charge is 0.369 e. The van der Waals surface area contributed by atoms with Gasteiger partial charge < -0.3 is 10.3 Å². The number of benzene rings is 2. The van der Waals surface area contributed by atoms with Crippen LogP contribution < -0.4 is 10.3 Å². The van der Waals surface area contributed by atoms with E-state index < -0.39 is 0 Å². The molecule has 0 aliphatic carbocycles. The number of anilines is 1. The van der Waals surface area contributed by atoms with Gasteiger partial charge in [-0.05, 0) is 29.8 Å². The Kier molecular flexibility index (Phi) is 4.80. The number of rotatable bonds is 4. The van der Waals surface area contributed by atoms with Crippen molar-refractivity contribution in [3.63, 3.8) is 0 Å². The van der Waals surface area contributed by atoms with E-state index in [0.29, 0.717) is 0 Å². The minimum atomic E-state index is 0.945. The van der Waals surface area contributed by atoms with E-state index >= 15 is 0 Å². The molecule has 0 spiro atoms. The molecule has 0 atom stereocenters. The van der Waals surface area contributed by atoms with E-state index in [9.17, 15) is 0 Å². The van der Waals surface area contributed by atoms with Gasteiger partial charge in [0.05, 0.1) is 0 Å². The fraction of sp³-hybridized carbons (Fsp3) is 0.222. The fourth-order valence-corrected chi connectivity index (χ4v) is 2.89. The van der Waals surface area contributed by atoms with Gasteiger partial charge in [0.1, 0.15) is 0 Å². The standard InChI is InChI=1S/C18H20BrN3/c1-15(16-7-9-17(19)10-8-16)20-22-13-11-21(12-14-22)18-5-3-2-4-6-18/h2-10,20H,1,11-14H2. The highest BCUT2D eigenvalue weighted by Crippen LogP contribution is 2.17. The SMILES string of the molecule is C=C(NN1CCN(c2ccccc2)CC1)c1ccc(Br)cc1. The summed E-state index contributed by atoms with van der Waals surface area (Å²) in [5.41, 5.74) is 6.79. The van der Waals surface area contributed by atoms with Crippen LogP contribution in [-0.4, -0.2) is 31.2 Å².